The van der Waals surface area contributed by atoms with E-state index < -0.39 is 144 Å². The van der Waals surface area contributed by atoms with Crippen molar-refractivity contribution < 1.29 is 58.1 Å². The van der Waals surface area contributed by atoms with Gasteiger partial charge in [-0.15, -0.1) is 0 Å². The number of ether oxygens (including phenoxy) is 1. The first-order valence-electron chi connectivity index (χ1n) is 27.1. The summed E-state index contributed by atoms with van der Waals surface area (Å²) in [5, 5.41) is 44.1. The van der Waals surface area contributed by atoms with Crippen LogP contribution in [0.4, 0.5) is 0 Å². The van der Waals surface area contributed by atoms with Crippen molar-refractivity contribution in [1.29, 1.82) is 0 Å². The monoisotopic (exact) mass is 1070 g/mol. The van der Waals surface area contributed by atoms with E-state index in [0.717, 1.165) is 0 Å². The molecule has 426 valence electrons. The first kappa shape index (κ1) is 62.8. The summed E-state index contributed by atoms with van der Waals surface area (Å²) in [6.07, 6.45) is -4.35. The van der Waals surface area contributed by atoms with Crippen molar-refractivity contribution in [1.82, 2.24) is 47.4 Å². The van der Waals surface area contributed by atoms with Gasteiger partial charge in [-0.2, -0.15) is 0 Å². The van der Waals surface area contributed by atoms with Gasteiger partial charge in [-0.25, -0.2) is 0 Å². The molecule has 23 nitrogen and oxygen atoms in total. The molecule has 0 saturated carbocycles. The molecular formula is C53H87N11O12. The minimum Gasteiger partial charge on any atom is -0.388 e. The molecule has 12 atom stereocenters. The van der Waals surface area contributed by atoms with Crippen LogP contribution in [0.2, 0.25) is 0 Å². The van der Waals surface area contributed by atoms with Crippen molar-refractivity contribution in [3.63, 3.8) is 0 Å². The Kier molecular flexibility index (Phi) is 25.0. The number of fused-ring (bicyclic) bond motifs is 3. The Hall–Kier alpha value is -5.75. The molecule has 9 amide bonds. The molecule has 0 radical (unpaired) electrons. The van der Waals surface area contributed by atoms with Crippen LogP contribution in [0, 0.1) is 23.7 Å². The number of carbonyl (C=O) groups is 9. The molecule has 3 aliphatic heterocycles. The largest absolute Gasteiger partial charge is 0.388 e. The molecule has 0 aliphatic carbocycles. The Bertz CT molecular complexity index is 2130. The van der Waals surface area contributed by atoms with E-state index in [1.54, 1.807) is 58.0 Å². The van der Waals surface area contributed by atoms with Gasteiger partial charge in [0, 0.05) is 19.5 Å². The van der Waals surface area contributed by atoms with Crippen molar-refractivity contribution in [2.75, 3.05) is 26.2 Å². The van der Waals surface area contributed by atoms with Gasteiger partial charge >= 0.3 is 0 Å². The highest BCUT2D eigenvalue weighted by Gasteiger charge is 2.45. The van der Waals surface area contributed by atoms with Crippen molar-refractivity contribution in [2.45, 2.75) is 192 Å². The molecule has 3 saturated heterocycles. The lowest BCUT2D eigenvalue weighted by Crippen LogP contribution is -2.61. The summed E-state index contributed by atoms with van der Waals surface area (Å²) in [6, 6.07) is -0.458. The van der Waals surface area contributed by atoms with Crippen molar-refractivity contribution in [3.8, 4) is 0 Å². The zero-order chi connectivity index (χ0) is 56.4. The van der Waals surface area contributed by atoms with Gasteiger partial charge in [0.25, 0.3) is 0 Å². The number of aliphatic hydroxyl groups is 2. The van der Waals surface area contributed by atoms with Gasteiger partial charge in [0.2, 0.25) is 53.2 Å². The molecule has 0 spiro atoms. The average molecular weight is 1070 g/mol. The summed E-state index contributed by atoms with van der Waals surface area (Å²) < 4.78 is 5.89. The first-order valence-corrected chi connectivity index (χ1v) is 27.1. The first-order chi connectivity index (χ1) is 35.9. The highest BCUT2D eigenvalue weighted by molar-refractivity contribution is 5.98. The molecule has 1 aromatic carbocycles. The van der Waals surface area contributed by atoms with Gasteiger partial charge < -0.3 is 73.9 Å². The maximum absolute atomic E-state index is 14.8. The molecule has 0 aromatic heterocycles. The quantitative estimate of drug-likeness (QED) is 0.101. The number of nitrogens with two attached hydrogens (primary N) is 2. The number of carbonyl (C=O) groups excluding carboxylic acids is 9. The Balaban J connectivity index is 1.76. The van der Waals surface area contributed by atoms with Gasteiger partial charge in [0.05, 0.1) is 12.5 Å². The molecule has 23 heteroatoms. The maximum Gasteiger partial charge on any atom is 0.246 e. The third kappa shape index (κ3) is 18.5. The van der Waals surface area contributed by atoms with E-state index in [1.165, 1.54) is 4.90 Å². The molecule has 1 aromatic rings. The standard InChI is InChI=1S/C53H87N11O12/c1-28(2)23-35-46(68)56-27-40-45(67)44(66)39(76-40)26-41(65)62-42(30(5)6)51(73)57-34(18-13-21-55)48(70)60-36(24-29(3)4)49(71)61-37(25-32-15-10-9-11-16-32)53(75)64-22-14-19-38(64)50(72)63-43(31(7)8)52(74)58-33(17-12-20-54)47(69)59-35/h9-11,15-16,28-31,33-40,42-45,66-67H,12-14,17-27,54-55H2,1-8H3,(H,56,68)(H,57,73)(H,58,74)(H,59,69)(H,60,70)(H,61,71)(H,62,65)(H,63,72)/t33-,34-,35-,36-,37+,38-,39-,40+,42-,43-,44-,45+/m0/s1. The fourth-order valence-electron chi connectivity index (χ4n) is 9.70. The van der Waals surface area contributed by atoms with Gasteiger partial charge in [0.1, 0.15) is 66.6 Å². The van der Waals surface area contributed by atoms with Crippen LogP contribution in [0.15, 0.2) is 30.3 Å². The van der Waals surface area contributed by atoms with E-state index >= 15 is 0 Å². The number of aliphatic hydroxyl groups excluding tert-OH is 2. The fourth-order valence-corrected chi connectivity index (χ4v) is 9.70. The average Bonchev–Trinajstić information content (AvgIpc) is 3.96. The Morgan fingerprint density at radius 1 is 0.579 bits per heavy atom. The molecular weight excluding hydrogens is 983 g/mol. The lowest BCUT2D eigenvalue weighted by Gasteiger charge is -2.32. The maximum atomic E-state index is 14.8. The van der Waals surface area contributed by atoms with E-state index in [0.29, 0.717) is 24.8 Å². The lowest BCUT2D eigenvalue weighted by molar-refractivity contribution is -0.143. The third-order valence-corrected chi connectivity index (χ3v) is 13.9. The zero-order valence-electron chi connectivity index (χ0n) is 45.6. The molecule has 3 aliphatic rings. The van der Waals surface area contributed by atoms with Gasteiger partial charge in [0.15, 0.2) is 0 Å². The van der Waals surface area contributed by atoms with Crippen LogP contribution in [-0.2, 0) is 54.3 Å². The molecule has 0 unspecified atom stereocenters. The van der Waals surface area contributed by atoms with Crippen LogP contribution >= 0.6 is 0 Å². The summed E-state index contributed by atoms with van der Waals surface area (Å²) in [6.45, 7) is 14.3. The number of nitrogens with zero attached hydrogens (tertiary/aromatic N) is 1. The fraction of sp³-hybridized carbons (Fsp3) is 0.717. The summed E-state index contributed by atoms with van der Waals surface area (Å²) in [5.41, 5.74) is 12.4. The van der Waals surface area contributed by atoms with Crippen LogP contribution in [0.5, 0.6) is 0 Å². The van der Waals surface area contributed by atoms with Crippen LogP contribution in [0.1, 0.15) is 119 Å². The number of benzene rings is 1. The summed E-state index contributed by atoms with van der Waals surface area (Å²) in [7, 11) is 0. The second-order valence-corrected chi connectivity index (χ2v) is 22.0. The lowest BCUT2D eigenvalue weighted by atomic mass is 9.99. The third-order valence-electron chi connectivity index (χ3n) is 13.9. The predicted octanol–water partition coefficient (Wildman–Crippen LogP) is -1.50. The number of amides is 9. The summed E-state index contributed by atoms with van der Waals surface area (Å²) >= 11 is 0. The molecule has 3 fully saturated rings. The second-order valence-electron chi connectivity index (χ2n) is 22.0. The van der Waals surface area contributed by atoms with E-state index in [1.807, 2.05) is 27.7 Å². The highest BCUT2D eigenvalue weighted by Crippen LogP contribution is 2.25. The van der Waals surface area contributed by atoms with Crippen LogP contribution in [-0.4, -0.2) is 167 Å². The second kappa shape index (κ2) is 30.3. The number of nitrogens with one attached hydrogen (secondary N) is 8. The van der Waals surface area contributed by atoms with Gasteiger partial charge in [-0.3, -0.25) is 43.2 Å². The topological polar surface area (TPSA) is 355 Å². The van der Waals surface area contributed by atoms with Gasteiger partial charge in [-0.1, -0.05) is 85.7 Å². The smallest absolute Gasteiger partial charge is 0.246 e. The zero-order valence-corrected chi connectivity index (χ0v) is 45.6. The van der Waals surface area contributed by atoms with E-state index in [9.17, 15) is 53.4 Å². The molecule has 14 N–H and O–H groups in total. The SMILES string of the molecule is CC(C)C[C@@H]1NC(=O)[C@H](CCCN)NC(=O)[C@H](C(C)C)NC(=O)[C@@H]2CCCN2C(=O)[C@@H](Cc2ccccc2)NC(=O)[C@H](CC(C)C)NC(=O)[C@H](CCCN)NC(=O)[C@H](C(C)C)NC(=O)C[C@@H]2O[C@H](CNC1=O)[C@@H](O)[C@H]2O. The number of rotatable bonds is 14. The Labute approximate surface area is 447 Å². The van der Waals surface area contributed by atoms with Crippen molar-refractivity contribution in [2.24, 2.45) is 35.1 Å². The highest BCUT2D eigenvalue weighted by atomic mass is 16.5. The normalized spacial score (nSPS) is 29.7. The van der Waals surface area contributed by atoms with Crippen LogP contribution < -0.4 is 54.0 Å². The summed E-state index contributed by atoms with van der Waals surface area (Å²) in [4.78, 5) is 129. The summed E-state index contributed by atoms with van der Waals surface area (Å²) in [5.74, 6) is -7.37. The molecule has 2 bridgehead atoms. The minimum atomic E-state index is -1.57. The Morgan fingerprint density at radius 2 is 1.05 bits per heavy atom. The van der Waals surface area contributed by atoms with E-state index in [2.05, 4.69) is 42.5 Å². The number of hydrogen-bond acceptors (Lipinski definition) is 14. The molecule has 76 heavy (non-hydrogen) atoms. The number of hydrogen-bond donors (Lipinski definition) is 12. The van der Waals surface area contributed by atoms with E-state index in [-0.39, 0.29) is 76.5 Å². The van der Waals surface area contributed by atoms with Crippen LogP contribution in [0.3, 0.4) is 0 Å². The van der Waals surface area contributed by atoms with E-state index in [4.69, 9.17) is 16.2 Å². The molecule has 3 heterocycles. The van der Waals surface area contributed by atoms with Crippen LogP contribution in [0.25, 0.3) is 0 Å². The molecule has 4 rings (SSSR count). The Morgan fingerprint density at radius 3 is 1.57 bits per heavy atom. The predicted molar refractivity (Wildman–Crippen MR) is 282 cm³/mol. The van der Waals surface area contributed by atoms with Crippen molar-refractivity contribution >= 4 is 53.2 Å². The van der Waals surface area contributed by atoms with Crippen molar-refractivity contribution in [3.05, 3.63) is 35.9 Å². The minimum absolute atomic E-state index is 0.0199. The van der Waals surface area contributed by atoms with Gasteiger partial charge in [-0.05, 0) is 93.7 Å².